The largest absolute Gasteiger partial charge is 0.360 e. The highest BCUT2D eigenvalue weighted by atomic mass is 31.2. The summed E-state index contributed by atoms with van der Waals surface area (Å²) in [5.74, 6) is -2.34. The van der Waals surface area contributed by atoms with Crippen molar-refractivity contribution >= 4 is 19.2 Å². The average Bonchev–Trinajstić information content (AvgIpc) is 2.32. The van der Waals surface area contributed by atoms with Crippen molar-refractivity contribution < 1.29 is 23.9 Å². The highest BCUT2D eigenvalue weighted by Gasteiger charge is 2.58. The van der Waals surface area contributed by atoms with Gasteiger partial charge in [0, 0.05) is 0 Å². The number of hydrogen-bond acceptors (Lipinski definition) is 6. The van der Waals surface area contributed by atoms with Crippen LogP contribution >= 0.6 is 7.60 Å². The number of ketones is 2. The molecule has 0 bridgehead atoms. The number of Topliss-reactive ketones (excluding diaryl/α,β-unsaturated/α-hetero) is 2. The molecule has 0 radical (unpaired) electrons. The Morgan fingerprint density at radius 3 is 1.41 bits per heavy atom. The van der Waals surface area contributed by atoms with Crippen molar-refractivity contribution in [2.75, 3.05) is 0 Å². The third-order valence-corrected chi connectivity index (χ3v) is 4.69. The van der Waals surface area contributed by atoms with Gasteiger partial charge in [0.25, 0.3) is 0 Å². The summed E-state index contributed by atoms with van der Waals surface area (Å²) >= 11 is 0. The SMILES string of the molecule is CC(C)C[C@H](N)C(=O)C(N)(C(=O)[C@@H](N)CC(C)C)P(=O)(O)O. The minimum atomic E-state index is -5.28. The Hall–Kier alpha value is -0.630. The monoisotopic (exact) mass is 337 g/mol. The van der Waals surface area contributed by atoms with E-state index in [2.05, 4.69) is 0 Å². The highest BCUT2D eigenvalue weighted by molar-refractivity contribution is 7.56. The summed E-state index contributed by atoms with van der Waals surface area (Å²) < 4.78 is 11.7. The quantitative estimate of drug-likeness (QED) is 0.282. The van der Waals surface area contributed by atoms with E-state index in [0.717, 1.165) is 0 Å². The molecular formula is C13H28N3O5P. The maximum absolute atomic E-state index is 12.4. The third-order valence-electron chi connectivity index (χ3n) is 3.33. The van der Waals surface area contributed by atoms with Gasteiger partial charge < -0.3 is 27.0 Å². The molecule has 0 aliphatic heterocycles. The smallest absolute Gasteiger partial charge is 0.322 e. The highest BCUT2D eigenvalue weighted by Crippen LogP contribution is 2.49. The molecule has 0 aromatic carbocycles. The van der Waals surface area contributed by atoms with E-state index in [1.54, 1.807) is 27.7 Å². The lowest BCUT2D eigenvalue weighted by molar-refractivity contribution is -0.133. The molecule has 0 spiro atoms. The molecule has 0 aromatic rings. The zero-order chi connectivity index (χ0) is 17.9. The van der Waals surface area contributed by atoms with Crippen molar-refractivity contribution in [2.24, 2.45) is 29.0 Å². The Morgan fingerprint density at radius 1 is 0.955 bits per heavy atom. The lowest BCUT2D eigenvalue weighted by Gasteiger charge is -2.32. The number of nitrogens with two attached hydrogens (primary N) is 3. The van der Waals surface area contributed by atoms with Crippen LogP contribution in [0.1, 0.15) is 40.5 Å². The maximum atomic E-state index is 12.4. The molecule has 2 atom stereocenters. The van der Waals surface area contributed by atoms with Crippen molar-refractivity contribution in [1.29, 1.82) is 0 Å². The fourth-order valence-electron chi connectivity index (χ4n) is 2.20. The molecule has 9 heteroatoms. The molecule has 0 unspecified atom stereocenters. The summed E-state index contributed by atoms with van der Waals surface area (Å²) in [7, 11) is -5.28. The number of carbonyl (C=O) groups is 2. The molecule has 22 heavy (non-hydrogen) atoms. The van der Waals surface area contributed by atoms with E-state index in [4.69, 9.17) is 17.2 Å². The first kappa shape index (κ1) is 21.4. The van der Waals surface area contributed by atoms with Crippen molar-refractivity contribution in [3.05, 3.63) is 0 Å². The van der Waals surface area contributed by atoms with Crippen molar-refractivity contribution in [3.8, 4) is 0 Å². The van der Waals surface area contributed by atoms with Gasteiger partial charge in [-0.1, -0.05) is 27.7 Å². The molecule has 0 aliphatic rings. The van der Waals surface area contributed by atoms with Crippen LogP contribution in [0.15, 0.2) is 0 Å². The summed E-state index contributed by atoms with van der Waals surface area (Å²) in [6.07, 6.45) is 0.314. The van der Waals surface area contributed by atoms with Crippen LogP contribution in [0.2, 0.25) is 0 Å². The van der Waals surface area contributed by atoms with Gasteiger partial charge in [-0.05, 0) is 24.7 Å². The van der Waals surface area contributed by atoms with E-state index in [1.807, 2.05) is 0 Å². The van der Waals surface area contributed by atoms with Gasteiger partial charge in [-0.2, -0.15) is 0 Å². The van der Waals surface area contributed by atoms with E-state index in [-0.39, 0.29) is 24.7 Å². The molecule has 0 saturated heterocycles. The molecule has 130 valence electrons. The van der Waals surface area contributed by atoms with Gasteiger partial charge in [-0.3, -0.25) is 14.2 Å². The Balaban J connectivity index is 5.65. The Bertz CT molecular complexity index is 433. The summed E-state index contributed by atoms with van der Waals surface area (Å²) in [5, 5.41) is -2.99. The summed E-state index contributed by atoms with van der Waals surface area (Å²) in [6, 6.07) is -2.49. The fourth-order valence-corrected chi connectivity index (χ4v) is 3.11. The first-order chi connectivity index (χ1) is 9.75. The van der Waals surface area contributed by atoms with Gasteiger partial charge in [0.05, 0.1) is 12.1 Å². The summed E-state index contributed by atoms with van der Waals surface area (Å²) in [6.45, 7) is 7.15. The third kappa shape index (κ3) is 4.94. The number of carbonyl (C=O) groups excluding carboxylic acids is 2. The van der Waals surface area contributed by atoms with Crippen LogP contribution in [0.4, 0.5) is 0 Å². The Kier molecular flexibility index (Phi) is 7.54. The molecule has 8 nitrogen and oxygen atoms in total. The Labute approximate surface area is 131 Å². The molecule has 0 saturated carbocycles. The van der Waals surface area contributed by atoms with Gasteiger partial charge in [0.15, 0.2) is 11.6 Å². The molecule has 0 aromatic heterocycles. The fraction of sp³-hybridized carbons (Fsp3) is 0.846. The second-order valence-electron chi connectivity index (χ2n) is 6.51. The normalized spacial score (nSPS) is 16.0. The predicted octanol–water partition coefficient (Wildman–Crippen LogP) is -0.296. The summed E-state index contributed by atoms with van der Waals surface area (Å²) in [4.78, 5) is 43.7. The number of hydrogen-bond donors (Lipinski definition) is 5. The van der Waals surface area contributed by atoms with Crippen LogP contribution in [-0.2, 0) is 14.2 Å². The molecule has 0 amide bonds. The van der Waals surface area contributed by atoms with E-state index in [0.29, 0.717) is 0 Å². The molecule has 0 fully saturated rings. The lowest BCUT2D eigenvalue weighted by Crippen LogP contribution is -2.63. The molecule has 0 rings (SSSR count). The minimum absolute atomic E-state index is 0.000546. The van der Waals surface area contributed by atoms with E-state index in [9.17, 15) is 23.9 Å². The standard InChI is InChI=1S/C13H28N3O5P/c1-7(2)5-9(14)11(17)13(16,22(19,20)21)12(18)10(15)6-8(3)4/h7-10H,5-6,14-16H2,1-4H3,(H2,19,20,21)/t9-,10-/m0/s1. The van der Waals surface area contributed by atoms with E-state index >= 15 is 0 Å². The second-order valence-corrected chi connectivity index (χ2v) is 8.30. The van der Waals surface area contributed by atoms with Crippen molar-refractivity contribution in [2.45, 2.75) is 57.9 Å². The van der Waals surface area contributed by atoms with Crippen molar-refractivity contribution in [3.63, 3.8) is 0 Å². The van der Waals surface area contributed by atoms with Crippen LogP contribution in [0, 0.1) is 11.8 Å². The topological polar surface area (TPSA) is 170 Å². The van der Waals surface area contributed by atoms with Gasteiger partial charge >= 0.3 is 7.60 Å². The van der Waals surface area contributed by atoms with Crippen LogP contribution in [-0.4, -0.2) is 38.7 Å². The summed E-state index contributed by atoms with van der Waals surface area (Å²) in [5.41, 5.74) is 16.9. The van der Waals surface area contributed by atoms with E-state index < -0.39 is 36.5 Å². The van der Waals surface area contributed by atoms with Crippen LogP contribution in [0.25, 0.3) is 0 Å². The number of rotatable bonds is 9. The van der Waals surface area contributed by atoms with Crippen LogP contribution in [0.5, 0.6) is 0 Å². The minimum Gasteiger partial charge on any atom is -0.322 e. The first-order valence-electron chi connectivity index (χ1n) is 7.19. The molecule has 8 N–H and O–H groups in total. The molecule has 0 heterocycles. The van der Waals surface area contributed by atoms with Crippen LogP contribution < -0.4 is 17.2 Å². The first-order valence-corrected chi connectivity index (χ1v) is 8.80. The zero-order valence-electron chi connectivity index (χ0n) is 13.5. The lowest BCUT2D eigenvalue weighted by atomic mass is 9.90. The van der Waals surface area contributed by atoms with Gasteiger partial charge in [-0.15, -0.1) is 0 Å². The molecular weight excluding hydrogens is 309 g/mol. The van der Waals surface area contributed by atoms with Crippen LogP contribution in [0.3, 0.4) is 0 Å². The van der Waals surface area contributed by atoms with E-state index in [1.165, 1.54) is 0 Å². The predicted molar refractivity (Wildman–Crippen MR) is 83.8 cm³/mol. The van der Waals surface area contributed by atoms with Crippen molar-refractivity contribution in [1.82, 2.24) is 0 Å². The van der Waals surface area contributed by atoms with Gasteiger partial charge in [-0.25, -0.2) is 0 Å². The second kappa shape index (κ2) is 7.77. The Morgan fingerprint density at radius 2 is 1.23 bits per heavy atom. The zero-order valence-corrected chi connectivity index (χ0v) is 14.4. The van der Waals surface area contributed by atoms with Gasteiger partial charge in [0.1, 0.15) is 0 Å². The average molecular weight is 337 g/mol. The maximum Gasteiger partial charge on any atom is 0.360 e. The van der Waals surface area contributed by atoms with Gasteiger partial charge in [0.2, 0.25) is 5.28 Å². The molecule has 0 aliphatic carbocycles.